The van der Waals surface area contributed by atoms with Crippen molar-refractivity contribution in [2.45, 2.75) is 47.0 Å². The molecule has 1 aliphatic heterocycles. The van der Waals surface area contributed by atoms with Gasteiger partial charge >= 0.3 is 0 Å². The highest BCUT2D eigenvalue weighted by Gasteiger charge is 2.21. The minimum atomic E-state index is 0.811. The molecule has 0 amide bonds. The van der Waals surface area contributed by atoms with E-state index in [0.29, 0.717) is 0 Å². The van der Waals surface area contributed by atoms with E-state index in [4.69, 9.17) is 4.74 Å². The molecule has 1 N–H and O–H groups in total. The van der Waals surface area contributed by atoms with Gasteiger partial charge in [-0.05, 0) is 56.0 Å². The Balaban J connectivity index is 1.96. The Morgan fingerprint density at radius 2 is 1.82 bits per heavy atom. The van der Waals surface area contributed by atoms with Crippen molar-refractivity contribution in [3.8, 4) is 0 Å². The number of hydrogen-bond donors (Lipinski definition) is 1. The Morgan fingerprint density at radius 1 is 1.12 bits per heavy atom. The lowest BCUT2D eigenvalue weighted by atomic mass is 9.90. The van der Waals surface area contributed by atoms with Gasteiger partial charge in [-0.2, -0.15) is 0 Å². The topological polar surface area (TPSA) is 21.3 Å². The summed E-state index contributed by atoms with van der Waals surface area (Å²) in [5, 5.41) is 3.58. The van der Waals surface area contributed by atoms with Crippen molar-refractivity contribution < 1.29 is 4.74 Å². The molecule has 2 heteroatoms. The van der Waals surface area contributed by atoms with Crippen LogP contribution in [0.2, 0.25) is 0 Å². The van der Waals surface area contributed by atoms with E-state index in [2.05, 4.69) is 33.0 Å². The maximum Gasteiger partial charge on any atom is 0.0497 e. The van der Waals surface area contributed by atoms with Crippen LogP contribution in [0.5, 0.6) is 0 Å². The SMILES string of the molecule is CC(C)C(C)CCNCCC(C)C1CCOC1. The van der Waals surface area contributed by atoms with Crippen LogP contribution in [-0.2, 0) is 4.74 Å². The van der Waals surface area contributed by atoms with Gasteiger partial charge in [0.25, 0.3) is 0 Å². The summed E-state index contributed by atoms with van der Waals surface area (Å²) in [4.78, 5) is 0. The summed E-state index contributed by atoms with van der Waals surface area (Å²) >= 11 is 0. The second-order valence-electron chi connectivity index (χ2n) is 6.15. The quantitative estimate of drug-likeness (QED) is 0.658. The Labute approximate surface area is 108 Å². The average molecular weight is 241 g/mol. The monoisotopic (exact) mass is 241 g/mol. The largest absolute Gasteiger partial charge is 0.381 e. The van der Waals surface area contributed by atoms with E-state index in [9.17, 15) is 0 Å². The van der Waals surface area contributed by atoms with Gasteiger partial charge in [-0.3, -0.25) is 0 Å². The molecule has 1 saturated heterocycles. The molecule has 3 atom stereocenters. The first-order valence-electron chi connectivity index (χ1n) is 7.39. The molecule has 0 spiro atoms. The van der Waals surface area contributed by atoms with E-state index in [1.165, 1.54) is 32.4 Å². The fraction of sp³-hybridized carbons (Fsp3) is 1.00. The first kappa shape index (κ1) is 15.0. The highest BCUT2D eigenvalue weighted by Crippen LogP contribution is 2.23. The van der Waals surface area contributed by atoms with Crippen LogP contribution in [0.3, 0.4) is 0 Å². The van der Waals surface area contributed by atoms with Gasteiger partial charge in [0.2, 0.25) is 0 Å². The summed E-state index contributed by atoms with van der Waals surface area (Å²) in [5.41, 5.74) is 0. The first-order valence-corrected chi connectivity index (χ1v) is 7.39. The van der Waals surface area contributed by atoms with Crippen molar-refractivity contribution in [3.05, 3.63) is 0 Å². The number of rotatable bonds is 8. The van der Waals surface area contributed by atoms with Gasteiger partial charge in [0.1, 0.15) is 0 Å². The minimum Gasteiger partial charge on any atom is -0.381 e. The van der Waals surface area contributed by atoms with Crippen LogP contribution in [0.4, 0.5) is 0 Å². The minimum absolute atomic E-state index is 0.811. The summed E-state index contributed by atoms with van der Waals surface area (Å²) in [6.07, 6.45) is 3.87. The molecule has 1 heterocycles. The molecule has 1 fully saturated rings. The van der Waals surface area contributed by atoms with Crippen molar-refractivity contribution in [2.75, 3.05) is 26.3 Å². The molecule has 0 aliphatic carbocycles. The number of nitrogens with one attached hydrogen (secondary N) is 1. The third kappa shape index (κ3) is 5.87. The van der Waals surface area contributed by atoms with Crippen LogP contribution in [0, 0.1) is 23.7 Å². The zero-order chi connectivity index (χ0) is 12.7. The molecule has 0 aromatic heterocycles. The van der Waals surface area contributed by atoms with E-state index < -0.39 is 0 Å². The van der Waals surface area contributed by atoms with Crippen LogP contribution in [-0.4, -0.2) is 26.3 Å². The molecule has 0 radical (unpaired) electrons. The molecule has 0 bridgehead atoms. The molecule has 1 aliphatic rings. The van der Waals surface area contributed by atoms with Crippen LogP contribution < -0.4 is 5.32 Å². The van der Waals surface area contributed by atoms with E-state index in [-0.39, 0.29) is 0 Å². The fourth-order valence-electron chi connectivity index (χ4n) is 2.36. The second kappa shape index (κ2) is 8.10. The van der Waals surface area contributed by atoms with E-state index >= 15 is 0 Å². The molecular formula is C15H31NO. The van der Waals surface area contributed by atoms with Gasteiger partial charge in [-0.1, -0.05) is 27.7 Å². The molecule has 3 unspecified atom stereocenters. The summed E-state index contributed by atoms with van der Waals surface area (Å²) in [6.45, 7) is 13.7. The Morgan fingerprint density at radius 3 is 2.41 bits per heavy atom. The van der Waals surface area contributed by atoms with Crippen molar-refractivity contribution in [2.24, 2.45) is 23.7 Å². The molecule has 2 nitrogen and oxygen atoms in total. The Hall–Kier alpha value is -0.0800. The van der Waals surface area contributed by atoms with Crippen molar-refractivity contribution in [1.82, 2.24) is 5.32 Å². The van der Waals surface area contributed by atoms with Crippen LogP contribution >= 0.6 is 0 Å². The van der Waals surface area contributed by atoms with Crippen molar-refractivity contribution in [1.29, 1.82) is 0 Å². The summed E-state index contributed by atoms with van der Waals surface area (Å²) < 4.78 is 5.44. The van der Waals surface area contributed by atoms with E-state index in [1.54, 1.807) is 0 Å². The number of ether oxygens (including phenoxy) is 1. The third-order valence-corrected chi connectivity index (χ3v) is 4.46. The van der Waals surface area contributed by atoms with Gasteiger partial charge in [0, 0.05) is 13.2 Å². The van der Waals surface area contributed by atoms with Crippen LogP contribution in [0.1, 0.15) is 47.0 Å². The maximum absolute atomic E-state index is 5.44. The first-order chi connectivity index (χ1) is 8.11. The van der Waals surface area contributed by atoms with Gasteiger partial charge in [0.15, 0.2) is 0 Å². The summed E-state index contributed by atoms with van der Waals surface area (Å²) in [5.74, 6) is 3.27. The molecular weight excluding hydrogens is 210 g/mol. The molecule has 1 rings (SSSR count). The maximum atomic E-state index is 5.44. The standard InChI is InChI=1S/C15H31NO/c1-12(2)13(3)5-8-16-9-6-14(4)15-7-10-17-11-15/h12-16H,5-11H2,1-4H3. The zero-order valence-corrected chi connectivity index (χ0v) is 12.2. The number of hydrogen-bond acceptors (Lipinski definition) is 2. The molecule has 0 aromatic rings. The lowest BCUT2D eigenvalue weighted by Gasteiger charge is -2.19. The Bertz CT molecular complexity index is 187. The second-order valence-corrected chi connectivity index (χ2v) is 6.15. The highest BCUT2D eigenvalue weighted by atomic mass is 16.5. The zero-order valence-electron chi connectivity index (χ0n) is 12.2. The summed E-state index contributed by atoms with van der Waals surface area (Å²) in [7, 11) is 0. The van der Waals surface area contributed by atoms with Crippen molar-refractivity contribution >= 4 is 0 Å². The molecule has 0 aromatic carbocycles. The normalized spacial score (nSPS) is 24.2. The van der Waals surface area contributed by atoms with Crippen LogP contribution in [0.15, 0.2) is 0 Å². The van der Waals surface area contributed by atoms with E-state index in [1.807, 2.05) is 0 Å². The highest BCUT2D eigenvalue weighted by molar-refractivity contribution is 4.71. The van der Waals surface area contributed by atoms with Crippen molar-refractivity contribution in [3.63, 3.8) is 0 Å². The fourth-order valence-corrected chi connectivity index (χ4v) is 2.36. The van der Waals surface area contributed by atoms with Gasteiger partial charge < -0.3 is 10.1 Å². The molecule has 17 heavy (non-hydrogen) atoms. The summed E-state index contributed by atoms with van der Waals surface area (Å²) in [6, 6.07) is 0. The van der Waals surface area contributed by atoms with Gasteiger partial charge in [-0.15, -0.1) is 0 Å². The Kier molecular flexibility index (Phi) is 7.14. The lowest BCUT2D eigenvalue weighted by Crippen LogP contribution is -2.23. The predicted molar refractivity (Wildman–Crippen MR) is 74.2 cm³/mol. The van der Waals surface area contributed by atoms with Gasteiger partial charge in [-0.25, -0.2) is 0 Å². The van der Waals surface area contributed by atoms with Gasteiger partial charge in [0.05, 0.1) is 0 Å². The third-order valence-electron chi connectivity index (χ3n) is 4.46. The molecule has 102 valence electrons. The molecule has 0 saturated carbocycles. The smallest absolute Gasteiger partial charge is 0.0497 e. The average Bonchev–Trinajstić information content (AvgIpc) is 2.81. The predicted octanol–water partition coefficient (Wildman–Crippen LogP) is 3.32. The lowest BCUT2D eigenvalue weighted by molar-refractivity contribution is 0.172. The van der Waals surface area contributed by atoms with Crippen LogP contribution in [0.25, 0.3) is 0 Å². The van der Waals surface area contributed by atoms with E-state index in [0.717, 1.165) is 36.9 Å².